The number of methoxy groups -OCH3 is 1. The van der Waals surface area contributed by atoms with E-state index in [1.54, 1.807) is 0 Å². The minimum absolute atomic E-state index is 0.0225. The zero-order valence-corrected chi connectivity index (χ0v) is 8.48. The van der Waals surface area contributed by atoms with Crippen LogP contribution >= 0.6 is 0 Å². The van der Waals surface area contributed by atoms with Gasteiger partial charge in [-0.2, -0.15) is 0 Å². The summed E-state index contributed by atoms with van der Waals surface area (Å²) < 4.78 is 4.48. The first-order valence-corrected chi connectivity index (χ1v) is 4.29. The highest BCUT2D eigenvalue weighted by Gasteiger charge is 2.12. The maximum atomic E-state index is 11.2. The van der Waals surface area contributed by atoms with Gasteiger partial charge in [-0.05, 0) is 17.7 Å². The number of aliphatic hydroxyl groups excluding tert-OH is 1. The number of carbonyl (C=O) groups is 2. The van der Waals surface area contributed by atoms with Gasteiger partial charge >= 0.3 is 5.97 Å². The zero-order chi connectivity index (χ0) is 11.4. The fourth-order valence-electron chi connectivity index (χ4n) is 1.07. The lowest BCUT2D eigenvalue weighted by Crippen LogP contribution is -2.09. The molecule has 15 heavy (non-hydrogen) atoms. The highest BCUT2D eigenvalue weighted by atomic mass is 16.5. The van der Waals surface area contributed by atoms with Crippen LogP contribution < -0.4 is 0 Å². The summed E-state index contributed by atoms with van der Waals surface area (Å²) in [7, 11) is 1.23. The summed E-state index contributed by atoms with van der Waals surface area (Å²) in [5.74, 6) is -0.900. The van der Waals surface area contributed by atoms with E-state index in [0.717, 1.165) is 0 Å². The maximum absolute atomic E-state index is 11.2. The van der Waals surface area contributed by atoms with E-state index in [4.69, 9.17) is 5.11 Å². The van der Waals surface area contributed by atoms with E-state index in [9.17, 15) is 9.59 Å². The number of ketones is 1. The molecule has 1 rings (SSSR count). The van der Waals surface area contributed by atoms with Gasteiger partial charge < -0.3 is 9.84 Å². The molecule has 0 aromatic carbocycles. The summed E-state index contributed by atoms with van der Waals surface area (Å²) in [6.45, 7) is 1.08. The standard InChI is InChI=1S/C10H11NO4/c1-6(13)8-3-7(5-12)4-9(11-8)10(14)15-2/h3-4,12H,5H2,1-2H3. The fourth-order valence-corrected chi connectivity index (χ4v) is 1.07. The number of ether oxygens (including phenoxy) is 1. The molecule has 0 fully saturated rings. The Hall–Kier alpha value is -1.75. The van der Waals surface area contributed by atoms with E-state index in [1.165, 1.54) is 26.2 Å². The van der Waals surface area contributed by atoms with Gasteiger partial charge in [-0.25, -0.2) is 9.78 Å². The number of hydrogen-bond donors (Lipinski definition) is 1. The van der Waals surface area contributed by atoms with E-state index < -0.39 is 5.97 Å². The van der Waals surface area contributed by atoms with Crippen LogP contribution in [-0.2, 0) is 11.3 Å². The lowest BCUT2D eigenvalue weighted by atomic mass is 10.1. The number of Topliss-reactive ketones (excluding diaryl/α,β-unsaturated/α-hetero) is 1. The van der Waals surface area contributed by atoms with Crippen molar-refractivity contribution >= 4 is 11.8 Å². The van der Waals surface area contributed by atoms with Crippen LogP contribution in [0.3, 0.4) is 0 Å². The topological polar surface area (TPSA) is 76.5 Å². The van der Waals surface area contributed by atoms with Gasteiger partial charge in [-0.15, -0.1) is 0 Å². The molecule has 0 unspecified atom stereocenters. The fraction of sp³-hybridized carbons (Fsp3) is 0.300. The van der Waals surface area contributed by atoms with Gasteiger partial charge in [0.15, 0.2) is 5.78 Å². The number of carbonyl (C=O) groups excluding carboxylic acids is 2. The van der Waals surface area contributed by atoms with E-state index in [-0.39, 0.29) is 23.8 Å². The molecule has 1 N–H and O–H groups in total. The molecule has 0 saturated heterocycles. The monoisotopic (exact) mass is 209 g/mol. The summed E-state index contributed by atoms with van der Waals surface area (Å²) in [6.07, 6.45) is 0. The van der Waals surface area contributed by atoms with Crippen molar-refractivity contribution < 1.29 is 19.4 Å². The van der Waals surface area contributed by atoms with Crippen LogP contribution in [0.2, 0.25) is 0 Å². The van der Waals surface area contributed by atoms with Crippen LogP contribution in [0.5, 0.6) is 0 Å². The van der Waals surface area contributed by atoms with Crippen molar-refractivity contribution in [3.8, 4) is 0 Å². The minimum Gasteiger partial charge on any atom is -0.464 e. The van der Waals surface area contributed by atoms with Crippen molar-refractivity contribution in [3.05, 3.63) is 29.1 Å². The molecule has 1 heterocycles. The molecule has 1 aromatic rings. The molecule has 0 radical (unpaired) electrons. The normalized spacial score (nSPS) is 9.80. The molecule has 0 amide bonds. The molecular weight excluding hydrogens is 198 g/mol. The highest BCUT2D eigenvalue weighted by molar-refractivity contribution is 5.94. The highest BCUT2D eigenvalue weighted by Crippen LogP contribution is 2.08. The molecule has 0 spiro atoms. The largest absolute Gasteiger partial charge is 0.464 e. The average Bonchev–Trinajstić information content (AvgIpc) is 2.27. The molecule has 0 aliphatic rings. The maximum Gasteiger partial charge on any atom is 0.356 e. The first-order valence-electron chi connectivity index (χ1n) is 4.29. The average molecular weight is 209 g/mol. The number of pyridine rings is 1. The number of nitrogens with zero attached hydrogens (tertiary/aromatic N) is 1. The smallest absolute Gasteiger partial charge is 0.356 e. The van der Waals surface area contributed by atoms with Gasteiger partial charge in [0.1, 0.15) is 11.4 Å². The Balaban J connectivity index is 3.23. The van der Waals surface area contributed by atoms with Gasteiger partial charge in [-0.3, -0.25) is 4.79 Å². The Morgan fingerprint density at radius 3 is 2.47 bits per heavy atom. The Morgan fingerprint density at radius 1 is 1.40 bits per heavy atom. The van der Waals surface area contributed by atoms with Crippen molar-refractivity contribution in [2.24, 2.45) is 0 Å². The van der Waals surface area contributed by atoms with Gasteiger partial charge in [0.2, 0.25) is 0 Å². The molecule has 0 saturated carbocycles. The predicted molar refractivity (Wildman–Crippen MR) is 51.5 cm³/mol. The summed E-state index contributed by atoms with van der Waals surface area (Å²) in [5, 5.41) is 8.93. The summed E-state index contributed by atoms with van der Waals surface area (Å²) in [6, 6.07) is 2.83. The quantitative estimate of drug-likeness (QED) is 0.581. The third-order valence-electron chi connectivity index (χ3n) is 1.82. The van der Waals surface area contributed by atoms with Crippen molar-refractivity contribution in [3.63, 3.8) is 0 Å². The van der Waals surface area contributed by atoms with E-state index in [2.05, 4.69) is 9.72 Å². The predicted octanol–water partition coefficient (Wildman–Crippen LogP) is 0.563. The van der Waals surface area contributed by atoms with Crippen LogP contribution in [0, 0.1) is 0 Å². The van der Waals surface area contributed by atoms with Crippen LogP contribution in [0.15, 0.2) is 12.1 Å². The van der Waals surface area contributed by atoms with Crippen molar-refractivity contribution in [1.29, 1.82) is 0 Å². The second kappa shape index (κ2) is 4.65. The van der Waals surface area contributed by atoms with E-state index in [0.29, 0.717) is 5.56 Å². The lowest BCUT2D eigenvalue weighted by Gasteiger charge is -2.03. The van der Waals surface area contributed by atoms with Crippen LogP contribution in [-0.4, -0.2) is 29.0 Å². The first-order chi connectivity index (χ1) is 7.08. The van der Waals surface area contributed by atoms with Crippen molar-refractivity contribution in [1.82, 2.24) is 4.98 Å². The number of aliphatic hydroxyl groups is 1. The van der Waals surface area contributed by atoms with Crippen LogP contribution in [0.4, 0.5) is 0 Å². The Morgan fingerprint density at radius 2 is 2.00 bits per heavy atom. The second-order valence-corrected chi connectivity index (χ2v) is 2.95. The van der Waals surface area contributed by atoms with E-state index >= 15 is 0 Å². The summed E-state index contributed by atoms with van der Waals surface area (Å²) >= 11 is 0. The third-order valence-corrected chi connectivity index (χ3v) is 1.82. The summed E-state index contributed by atoms with van der Waals surface area (Å²) in [4.78, 5) is 26.1. The molecule has 0 bridgehead atoms. The first kappa shape index (κ1) is 11.3. The van der Waals surface area contributed by atoms with E-state index in [1.807, 2.05) is 0 Å². The molecule has 0 aliphatic carbocycles. The molecule has 5 nitrogen and oxygen atoms in total. The zero-order valence-electron chi connectivity index (χ0n) is 8.48. The van der Waals surface area contributed by atoms with Gasteiger partial charge in [0, 0.05) is 6.92 Å². The van der Waals surface area contributed by atoms with Crippen molar-refractivity contribution in [2.45, 2.75) is 13.5 Å². The minimum atomic E-state index is -0.632. The summed E-state index contributed by atoms with van der Waals surface area (Å²) in [5.41, 5.74) is 0.617. The van der Waals surface area contributed by atoms with Crippen molar-refractivity contribution in [2.75, 3.05) is 7.11 Å². The molecule has 1 aromatic heterocycles. The Labute approximate surface area is 86.7 Å². The van der Waals surface area contributed by atoms with Crippen LogP contribution in [0.25, 0.3) is 0 Å². The number of rotatable bonds is 3. The SMILES string of the molecule is COC(=O)c1cc(CO)cc(C(C)=O)n1. The number of esters is 1. The molecule has 0 aliphatic heterocycles. The van der Waals surface area contributed by atoms with Gasteiger partial charge in [0.25, 0.3) is 0 Å². The van der Waals surface area contributed by atoms with Gasteiger partial charge in [-0.1, -0.05) is 0 Å². The van der Waals surface area contributed by atoms with Gasteiger partial charge in [0.05, 0.1) is 13.7 Å². The Kier molecular flexibility index (Phi) is 3.51. The number of hydrogen-bond acceptors (Lipinski definition) is 5. The molecule has 80 valence electrons. The van der Waals surface area contributed by atoms with Crippen LogP contribution in [0.1, 0.15) is 33.5 Å². The lowest BCUT2D eigenvalue weighted by molar-refractivity contribution is 0.0593. The third kappa shape index (κ3) is 2.60. The molecule has 0 atom stereocenters. The number of aromatic nitrogens is 1. The molecule has 5 heteroatoms. The second-order valence-electron chi connectivity index (χ2n) is 2.95. The Bertz CT molecular complexity index is 400. The molecular formula is C10H11NO4.